The zero-order valence-corrected chi connectivity index (χ0v) is 22.9. The summed E-state index contributed by atoms with van der Waals surface area (Å²) in [6.07, 6.45) is 2.97. The summed E-state index contributed by atoms with van der Waals surface area (Å²) in [5.41, 5.74) is 8.14. The third-order valence-corrected chi connectivity index (χ3v) is 8.03. The standard InChI is InChI=1S/C32H20N3S.Ir/c1-2-8-23(9-3-1)35-29-13-7-4-10-24(29)27-19-21(14-15-30(27)35)18-22-20-34-28-12-6-5-11-25(28)31-26(16-17-36-31)32(34)33-22;/h1-15,17,19-20H,18H2;/q-1;. The molecule has 0 saturated carbocycles. The van der Waals surface area contributed by atoms with Crippen molar-refractivity contribution in [2.75, 3.05) is 0 Å². The molecule has 0 atom stereocenters. The molecule has 0 aliphatic rings. The van der Waals surface area contributed by atoms with Crippen LogP contribution in [0.4, 0.5) is 0 Å². The van der Waals surface area contributed by atoms with Crippen molar-refractivity contribution in [2.24, 2.45) is 0 Å². The van der Waals surface area contributed by atoms with Gasteiger partial charge in [-0.2, -0.15) is 6.07 Å². The first-order valence-corrected chi connectivity index (χ1v) is 13.0. The second-order valence-electron chi connectivity index (χ2n) is 9.24. The van der Waals surface area contributed by atoms with Crippen LogP contribution in [0, 0.1) is 6.07 Å². The first-order chi connectivity index (χ1) is 17.8. The van der Waals surface area contributed by atoms with Gasteiger partial charge in [0.05, 0.1) is 11.0 Å². The summed E-state index contributed by atoms with van der Waals surface area (Å²) in [5.74, 6) is 0. The minimum Gasteiger partial charge on any atom is -0.354 e. The van der Waals surface area contributed by atoms with Gasteiger partial charge >= 0.3 is 0 Å². The van der Waals surface area contributed by atoms with E-state index in [4.69, 9.17) is 4.98 Å². The van der Waals surface area contributed by atoms with Gasteiger partial charge in [0.2, 0.25) is 0 Å². The van der Waals surface area contributed by atoms with Crippen LogP contribution in [0.2, 0.25) is 0 Å². The zero-order chi connectivity index (χ0) is 23.6. The summed E-state index contributed by atoms with van der Waals surface area (Å²) in [4.78, 5) is 5.09. The molecule has 0 bridgehead atoms. The van der Waals surface area contributed by atoms with E-state index in [1.165, 1.54) is 48.7 Å². The van der Waals surface area contributed by atoms with Gasteiger partial charge in [-0.15, -0.1) is 5.39 Å². The number of fused-ring (bicyclic) bond motifs is 9. The summed E-state index contributed by atoms with van der Waals surface area (Å²) in [6.45, 7) is 0. The van der Waals surface area contributed by atoms with Crippen molar-refractivity contribution in [3.63, 3.8) is 0 Å². The Labute approximate surface area is 231 Å². The van der Waals surface area contributed by atoms with Crippen LogP contribution < -0.4 is 0 Å². The molecule has 4 aromatic carbocycles. The number of imidazole rings is 1. The Hall–Kier alpha value is -3.76. The zero-order valence-electron chi connectivity index (χ0n) is 19.7. The molecular weight excluding hydrogens is 651 g/mol. The largest absolute Gasteiger partial charge is 0.354 e. The molecular formula is C32H20IrN3S-. The molecule has 0 spiro atoms. The van der Waals surface area contributed by atoms with E-state index >= 15 is 0 Å². The molecule has 8 rings (SSSR count). The van der Waals surface area contributed by atoms with Crippen LogP contribution in [0.25, 0.3) is 54.1 Å². The Morgan fingerprint density at radius 3 is 2.32 bits per heavy atom. The maximum absolute atomic E-state index is 5.09. The first-order valence-electron chi connectivity index (χ1n) is 12.1. The summed E-state index contributed by atoms with van der Waals surface area (Å²) < 4.78 is 5.84. The number of thiophene rings is 1. The van der Waals surface area contributed by atoms with Gasteiger partial charge in [0.15, 0.2) is 0 Å². The van der Waals surface area contributed by atoms with E-state index in [0.717, 1.165) is 23.1 Å². The molecule has 0 N–H and O–H groups in total. The van der Waals surface area contributed by atoms with Crippen LogP contribution in [0.5, 0.6) is 0 Å². The summed E-state index contributed by atoms with van der Waals surface area (Å²) in [5, 5.41) is 6.95. The third-order valence-electron chi connectivity index (χ3n) is 7.13. The number of pyridine rings is 1. The number of para-hydroxylation sites is 3. The summed E-state index contributed by atoms with van der Waals surface area (Å²) >= 11 is 1.74. The average molecular weight is 671 g/mol. The van der Waals surface area contributed by atoms with Gasteiger partial charge in [0, 0.05) is 66.0 Å². The Balaban J connectivity index is 0.00000231. The SMILES string of the molecule is [Ir].[c-]1csc2c1c1nc(Cc3ccc4c(c3)c3ccccc3n4-c3ccccc3)cn1c1ccccc21. The van der Waals surface area contributed by atoms with Crippen molar-refractivity contribution in [2.45, 2.75) is 6.42 Å². The van der Waals surface area contributed by atoms with Crippen molar-refractivity contribution in [3.8, 4) is 5.69 Å². The fourth-order valence-electron chi connectivity index (χ4n) is 5.58. The molecule has 3 nitrogen and oxygen atoms in total. The summed E-state index contributed by atoms with van der Waals surface area (Å²) in [6, 6.07) is 38.1. The summed E-state index contributed by atoms with van der Waals surface area (Å²) in [7, 11) is 0. The van der Waals surface area contributed by atoms with Crippen molar-refractivity contribution < 1.29 is 20.1 Å². The van der Waals surface area contributed by atoms with Gasteiger partial charge in [-0.3, -0.25) is 4.98 Å². The Morgan fingerprint density at radius 2 is 1.46 bits per heavy atom. The van der Waals surface area contributed by atoms with Gasteiger partial charge in [0.1, 0.15) is 0 Å². The van der Waals surface area contributed by atoms with E-state index in [1.54, 1.807) is 11.3 Å². The topological polar surface area (TPSA) is 22.2 Å². The van der Waals surface area contributed by atoms with E-state index in [0.29, 0.717) is 0 Å². The third kappa shape index (κ3) is 3.39. The van der Waals surface area contributed by atoms with Gasteiger partial charge in [-0.05, 0) is 47.3 Å². The fraction of sp³-hybridized carbons (Fsp3) is 0.0312. The molecule has 4 aromatic heterocycles. The van der Waals surface area contributed by atoms with Gasteiger partial charge in [-0.1, -0.05) is 70.7 Å². The monoisotopic (exact) mass is 671 g/mol. The number of nitrogens with zero attached hydrogens (tertiary/aromatic N) is 3. The van der Waals surface area contributed by atoms with Gasteiger partial charge < -0.3 is 8.97 Å². The molecule has 0 aliphatic heterocycles. The molecule has 0 amide bonds. The molecule has 5 heteroatoms. The second kappa shape index (κ2) is 8.67. The maximum atomic E-state index is 5.09. The second-order valence-corrected chi connectivity index (χ2v) is 10.1. The molecule has 0 aliphatic carbocycles. The minimum atomic E-state index is 0. The van der Waals surface area contributed by atoms with Crippen LogP contribution in [0.1, 0.15) is 11.3 Å². The first kappa shape index (κ1) is 22.4. The number of hydrogen-bond donors (Lipinski definition) is 0. The van der Waals surface area contributed by atoms with Crippen molar-refractivity contribution in [1.29, 1.82) is 0 Å². The van der Waals surface area contributed by atoms with Crippen LogP contribution in [-0.4, -0.2) is 14.0 Å². The van der Waals surface area contributed by atoms with E-state index in [9.17, 15) is 0 Å². The Morgan fingerprint density at radius 1 is 0.730 bits per heavy atom. The van der Waals surface area contributed by atoms with Crippen molar-refractivity contribution in [1.82, 2.24) is 14.0 Å². The molecule has 0 unspecified atom stereocenters. The van der Waals surface area contributed by atoms with E-state index in [-0.39, 0.29) is 20.1 Å². The smallest absolute Gasteiger partial charge is 0.0541 e. The number of hydrogen-bond acceptors (Lipinski definition) is 2. The maximum Gasteiger partial charge on any atom is 0.0541 e. The van der Waals surface area contributed by atoms with Crippen LogP contribution in [0.15, 0.2) is 109 Å². The van der Waals surface area contributed by atoms with E-state index in [1.807, 2.05) is 5.38 Å². The fourth-order valence-corrected chi connectivity index (χ4v) is 6.44. The quantitative estimate of drug-likeness (QED) is 0.174. The number of aromatic nitrogens is 3. The molecule has 1 radical (unpaired) electrons. The van der Waals surface area contributed by atoms with Gasteiger partial charge in [-0.25, -0.2) is 11.3 Å². The van der Waals surface area contributed by atoms with Gasteiger partial charge in [0.25, 0.3) is 0 Å². The van der Waals surface area contributed by atoms with Crippen LogP contribution >= 0.6 is 11.3 Å². The predicted octanol–water partition coefficient (Wildman–Crippen LogP) is 8.19. The Bertz CT molecular complexity index is 2080. The minimum absolute atomic E-state index is 0. The van der Waals surface area contributed by atoms with Crippen molar-refractivity contribution in [3.05, 3.63) is 126 Å². The number of benzene rings is 4. The number of rotatable bonds is 3. The van der Waals surface area contributed by atoms with Crippen molar-refractivity contribution >= 4 is 59.8 Å². The molecule has 0 saturated heterocycles. The average Bonchev–Trinajstić information content (AvgIpc) is 3.65. The van der Waals surface area contributed by atoms with Crippen LogP contribution in [-0.2, 0) is 26.5 Å². The molecule has 4 heterocycles. The van der Waals surface area contributed by atoms with E-state index < -0.39 is 0 Å². The normalized spacial score (nSPS) is 11.7. The molecule has 37 heavy (non-hydrogen) atoms. The predicted molar refractivity (Wildman–Crippen MR) is 151 cm³/mol. The molecule has 0 fully saturated rings. The van der Waals surface area contributed by atoms with E-state index in [2.05, 4.69) is 118 Å². The Kier molecular flexibility index (Phi) is 5.26. The molecule has 179 valence electrons. The molecule has 8 aromatic rings. The van der Waals surface area contributed by atoms with Crippen LogP contribution in [0.3, 0.4) is 0 Å².